The predicted octanol–water partition coefficient (Wildman–Crippen LogP) is 2.61. The van der Waals surface area contributed by atoms with Gasteiger partial charge in [-0.15, -0.1) is 0 Å². The first kappa shape index (κ1) is 16.4. The number of pyridine rings is 1. The van der Waals surface area contributed by atoms with Crippen molar-refractivity contribution >= 4 is 22.7 Å². The summed E-state index contributed by atoms with van der Waals surface area (Å²) in [4.78, 5) is 31.5. The maximum absolute atomic E-state index is 12.7. The van der Waals surface area contributed by atoms with Gasteiger partial charge in [0.25, 0.3) is 5.91 Å². The minimum atomic E-state index is -0.510. The van der Waals surface area contributed by atoms with E-state index < -0.39 is 6.04 Å². The summed E-state index contributed by atoms with van der Waals surface area (Å²) in [5.74, 6) is -0.258. The third-order valence-electron chi connectivity index (χ3n) is 4.47. The van der Waals surface area contributed by atoms with E-state index in [0.717, 1.165) is 36.8 Å². The highest BCUT2D eigenvalue weighted by atomic mass is 16.2. The van der Waals surface area contributed by atoms with Gasteiger partial charge in [0, 0.05) is 18.5 Å². The lowest BCUT2D eigenvalue weighted by Gasteiger charge is -2.26. The molecule has 0 unspecified atom stereocenters. The van der Waals surface area contributed by atoms with E-state index in [1.54, 1.807) is 6.07 Å². The van der Waals surface area contributed by atoms with Crippen molar-refractivity contribution in [3.63, 3.8) is 0 Å². The minimum Gasteiger partial charge on any atom is -0.341 e. The van der Waals surface area contributed by atoms with Crippen LogP contribution in [0, 0.1) is 5.92 Å². The Bertz CT molecular complexity index is 751. The van der Waals surface area contributed by atoms with Crippen LogP contribution in [-0.4, -0.2) is 40.8 Å². The van der Waals surface area contributed by atoms with Crippen LogP contribution < -0.4 is 5.32 Å². The highest BCUT2D eigenvalue weighted by Crippen LogP contribution is 2.15. The molecule has 1 aliphatic rings. The monoisotopic (exact) mass is 325 g/mol. The van der Waals surface area contributed by atoms with Crippen LogP contribution in [0.1, 0.15) is 37.2 Å². The second-order valence-corrected chi connectivity index (χ2v) is 6.62. The lowest BCUT2D eigenvalue weighted by molar-refractivity contribution is -0.133. The molecule has 0 bridgehead atoms. The van der Waals surface area contributed by atoms with Crippen LogP contribution in [0.15, 0.2) is 36.4 Å². The van der Waals surface area contributed by atoms with Crippen LogP contribution in [0.2, 0.25) is 0 Å². The van der Waals surface area contributed by atoms with Gasteiger partial charge >= 0.3 is 0 Å². The zero-order chi connectivity index (χ0) is 17.1. The summed E-state index contributed by atoms with van der Waals surface area (Å²) in [7, 11) is 0. The summed E-state index contributed by atoms with van der Waals surface area (Å²) >= 11 is 0. The van der Waals surface area contributed by atoms with E-state index in [9.17, 15) is 9.59 Å². The molecule has 1 atom stereocenters. The molecule has 0 saturated carbocycles. The molecule has 1 fully saturated rings. The van der Waals surface area contributed by atoms with Gasteiger partial charge in [0.2, 0.25) is 5.91 Å². The predicted molar refractivity (Wildman–Crippen MR) is 93.6 cm³/mol. The summed E-state index contributed by atoms with van der Waals surface area (Å²) in [6.07, 6.45) is 2.08. The SMILES string of the molecule is CC(C)[C@H](NC(=O)c1ccc2ccccc2n1)C(=O)N1CCCC1. The van der Waals surface area contributed by atoms with Crippen LogP contribution in [0.3, 0.4) is 0 Å². The number of nitrogens with one attached hydrogen (secondary N) is 1. The van der Waals surface area contributed by atoms with E-state index in [0.29, 0.717) is 5.69 Å². The van der Waals surface area contributed by atoms with Crippen LogP contribution in [0.5, 0.6) is 0 Å². The molecule has 1 aromatic heterocycles. The third-order valence-corrected chi connectivity index (χ3v) is 4.47. The molecule has 1 saturated heterocycles. The normalized spacial score (nSPS) is 15.7. The van der Waals surface area contributed by atoms with Crippen molar-refractivity contribution in [3.8, 4) is 0 Å². The van der Waals surface area contributed by atoms with Crippen molar-refractivity contribution in [2.75, 3.05) is 13.1 Å². The Balaban J connectivity index is 1.77. The molecule has 1 aromatic carbocycles. The van der Waals surface area contributed by atoms with Gasteiger partial charge < -0.3 is 10.2 Å². The summed E-state index contributed by atoms with van der Waals surface area (Å²) in [6.45, 7) is 5.47. The summed E-state index contributed by atoms with van der Waals surface area (Å²) in [5.41, 5.74) is 1.12. The van der Waals surface area contributed by atoms with Gasteiger partial charge in [-0.1, -0.05) is 38.1 Å². The van der Waals surface area contributed by atoms with E-state index in [-0.39, 0.29) is 17.7 Å². The lowest BCUT2D eigenvalue weighted by Crippen LogP contribution is -2.50. The van der Waals surface area contributed by atoms with Crippen molar-refractivity contribution in [1.82, 2.24) is 15.2 Å². The van der Waals surface area contributed by atoms with E-state index in [2.05, 4.69) is 10.3 Å². The van der Waals surface area contributed by atoms with Crippen molar-refractivity contribution in [2.45, 2.75) is 32.7 Å². The number of carbonyl (C=O) groups excluding carboxylic acids is 2. The van der Waals surface area contributed by atoms with Crippen LogP contribution in [-0.2, 0) is 4.79 Å². The highest BCUT2D eigenvalue weighted by Gasteiger charge is 2.30. The molecule has 1 N–H and O–H groups in total. The zero-order valence-electron chi connectivity index (χ0n) is 14.2. The molecule has 0 radical (unpaired) electrons. The number of para-hydroxylation sites is 1. The average molecular weight is 325 g/mol. The second kappa shape index (κ2) is 6.99. The Morgan fingerprint density at radius 2 is 1.79 bits per heavy atom. The van der Waals surface area contributed by atoms with Gasteiger partial charge in [-0.05, 0) is 30.9 Å². The van der Waals surface area contributed by atoms with Crippen molar-refractivity contribution < 1.29 is 9.59 Å². The Morgan fingerprint density at radius 1 is 1.08 bits per heavy atom. The molecule has 2 amide bonds. The molecule has 5 heteroatoms. The van der Waals surface area contributed by atoms with Crippen molar-refractivity contribution in [3.05, 3.63) is 42.1 Å². The van der Waals surface area contributed by atoms with Crippen molar-refractivity contribution in [2.24, 2.45) is 5.92 Å². The molecular formula is C19H23N3O2. The minimum absolute atomic E-state index is 0.0108. The number of hydrogen-bond acceptors (Lipinski definition) is 3. The Hall–Kier alpha value is -2.43. The second-order valence-electron chi connectivity index (χ2n) is 6.62. The number of rotatable bonds is 4. The molecular weight excluding hydrogens is 302 g/mol. The van der Waals surface area contributed by atoms with Gasteiger partial charge in [-0.2, -0.15) is 0 Å². The van der Waals surface area contributed by atoms with Gasteiger partial charge in [0.15, 0.2) is 0 Å². The maximum Gasteiger partial charge on any atom is 0.270 e. The zero-order valence-corrected chi connectivity index (χ0v) is 14.2. The van der Waals surface area contributed by atoms with E-state index in [4.69, 9.17) is 0 Å². The molecule has 0 spiro atoms. The van der Waals surface area contributed by atoms with Crippen LogP contribution >= 0.6 is 0 Å². The van der Waals surface area contributed by atoms with Gasteiger partial charge in [0.1, 0.15) is 11.7 Å². The number of aromatic nitrogens is 1. The maximum atomic E-state index is 12.7. The first-order chi connectivity index (χ1) is 11.6. The topological polar surface area (TPSA) is 62.3 Å². The first-order valence-corrected chi connectivity index (χ1v) is 8.51. The molecule has 3 rings (SSSR count). The fourth-order valence-corrected chi connectivity index (χ4v) is 3.06. The molecule has 2 heterocycles. The molecule has 2 aromatic rings. The number of nitrogens with zero attached hydrogens (tertiary/aromatic N) is 2. The summed E-state index contributed by atoms with van der Waals surface area (Å²) in [5, 5.41) is 3.87. The highest BCUT2D eigenvalue weighted by molar-refractivity contribution is 5.97. The summed E-state index contributed by atoms with van der Waals surface area (Å²) in [6, 6.07) is 10.7. The Morgan fingerprint density at radius 3 is 2.50 bits per heavy atom. The molecule has 126 valence electrons. The van der Waals surface area contributed by atoms with E-state index in [1.807, 2.05) is 49.1 Å². The Kier molecular flexibility index (Phi) is 4.79. The van der Waals surface area contributed by atoms with Gasteiger partial charge in [-0.3, -0.25) is 9.59 Å². The molecule has 24 heavy (non-hydrogen) atoms. The number of fused-ring (bicyclic) bond motifs is 1. The van der Waals surface area contributed by atoms with E-state index in [1.165, 1.54) is 0 Å². The first-order valence-electron chi connectivity index (χ1n) is 8.51. The molecule has 0 aliphatic carbocycles. The Labute approximate surface area is 142 Å². The quantitative estimate of drug-likeness (QED) is 0.940. The lowest BCUT2D eigenvalue weighted by atomic mass is 10.0. The van der Waals surface area contributed by atoms with Crippen LogP contribution in [0.25, 0.3) is 10.9 Å². The van der Waals surface area contributed by atoms with Gasteiger partial charge in [-0.25, -0.2) is 4.98 Å². The largest absolute Gasteiger partial charge is 0.341 e. The van der Waals surface area contributed by atoms with Gasteiger partial charge in [0.05, 0.1) is 5.52 Å². The third kappa shape index (κ3) is 3.40. The fourth-order valence-electron chi connectivity index (χ4n) is 3.06. The number of benzene rings is 1. The fraction of sp³-hybridized carbons (Fsp3) is 0.421. The average Bonchev–Trinajstić information content (AvgIpc) is 3.12. The number of amides is 2. The number of hydrogen-bond donors (Lipinski definition) is 1. The number of likely N-dealkylation sites (tertiary alicyclic amines) is 1. The standard InChI is InChI=1S/C19H23N3O2/c1-13(2)17(19(24)22-11-5-6-12-22)21-18(23)16-10-9-14-7-3-4-8-15(14)20-16/h3-4,7-10,13,17H,5-6,11-12H2,1-2H3,(H,21,23)/t17-/m0/s1. The summed E-state index contributed by atoms with van der Waals surface area (Å²) < 4.78 is 0. The number of carbonyl (C=O) groups is 2. The smallest absolute Gasteiger partial charge is 0.270 e. The van der Waals surface area contributed by atoms with Crippen molar-refractivity contribution in [1.29, 1.82) is 0 Å². The molecule has 1 aliphatic heterocycles. The molecule has 5 nitrogen and oxygen atoms in total. The van der Waals surface area contributed by atoms with E-state index >= 15 is 0 Å². The van der Waals surface area contributed by atoms with Crippen LogP contribution in [0.4, 0.5) is 0 Å².